The lowest BCUT2D eigenvalue weighted by Crippen LogP contribution is -2.58. The van der Waals surface area contributed by atoms with Gasteiger partial charge < -0.3 is 39.8 Å². The van der Waals surface area contributed by atoms with Gasteiger partial charge in [-0.25, -0.2) is 9.59 Å². The summed E-state index contributed by atoms with van der Waals surface area (Å²) in [5.74, 6) is -4.86. The van der Waals surface area contributed by atoms with E-state index < -0.39 is 76.6 Å². The maximum absolute atomic E-state index is 15.1. The van der Waals surface area contributed by atoms with E-state index in [4.69, 9.17) is 49.0 Å². The molecule has 0 aromatic carbocycles. The molecule has 6 aliphatic rings. The molecule has 1 aromatic heterocycles. The molecule has 1 spiro atoms. The number of aliphatic hydroxyl groups is 2. The second-order valence-corrected chi connectivity index (χ2v) is 18.5. The van der Waals surface area contributed by atoms with Gasteiger partial charge in [0.25, 0.3) is 5.91 Å². The number of aromatic nitrogens is 1. The number of carboxylic acid groups (broad SMARTS) is 1. The van der Waals surface area contributed by atoms with E-state index in [0.29, 0.717) is 38.5 Å². The summed E-state index contributed by atoms with van der Waals surface area (Å²) in [5, 5.41) is 37.1. The van der Waals surface area contributed by atoms with Gasteiger partial charge in [-0.3, -0.25) is 9.59 Å². The number of Topliss-reactive ketones (excluding diaryl/α,β-unsaturated/α-hetero) is 1. The van der Waals surface area contributed by atoms with E-state index in [-0.39, 0.29) is 74.3 Å². The van der Waals surface area contributed by atoms with Gasteiger partial charge in [0.1, 0.15) is 22.2 Å². The first-order chi connectivity index (χ1) is 27.9. The number of fused-ring (bicyclic) bond motifs is 4. The van der Waals surface area contributed by atoms with Crippen molar-refractivity contribution in [1.82, 2.24) is 10.3 Å². The number of ketones is 1. The van der Waals surface area contributed by atoms with Crippen LogP contribution in [0.15, 0.2) is 59.4 Å². The van der Waals surface area contributed by atoms with E-state index in [9.17, 15) is 29.7 Å². The Bertz CT molecular complexity index is 2050. The van der Waals surface area contributed by atoms with Crippen LogP contribution in [0.5, 0.6) is 0 Å². The van der Waals surface area contributed by atoms with Crippen molar-refractivity contribution >= 4 is 58.4 Å². The Labute approximate surface area is 359 Å². The van der Waals surface area contributed by atoms with E-state index in [1.807, 2.05) is 26.0 Å². The zero-order chi connectivity index (χ0) is 42.8. The van der Waals surface area contributed by atoms with Crippen molar-refractivity contribution in [2.75, 3.05) is 0 Å². The molecule has 1 amide bonds. The van der Waals surface area contributed by atoms with Gasteiger partial charge in [0, 0.05) is 29.7 Å². The van der Waals surface area contributed by atoms with E-state index in [0.717, 1.165) is 0 Å². The Morgan fingerprint density at radius 2 is 1.81 bits per heavy atom. The van der Waals surface area contributed by atoms with Crippen molar-refractivity contribution in [3.05, 3.63) is 80.3 Å². The number of allylic oxidation sites excluding steroid dienone is 5. The van der Waals surface area contributed by atoms with Gasteiger partial charge in [-0.05, 0) is 76.0 Å². The summed E-state index contributed by atoms with van der Waals surface area (Å²) in [5.41, 5.74) is -4.34. The number of aliphatic hydroxyl groups excluding tert-OH is 2. The minimum Gasteiger partial charge on any atom is -0.511 e. The number of aromatic amines is 1. The van der Waals surface area contributed by atoms with Crippen LogP contribution in [0.25, 0.3) is 0 Å². The Kier molecular flexibility index (Phi) is 12.2. The third-order valence-corrected chi connectivity index (χ3v) is 15.5. The predicted octanol–water partition coefficient (Wildman–Crippen LogP) is 8.23. The number of H-pyrrole nitrogens is 1. The van der Waals surface area contributed by atoms with E-state index >= 15 is 4.79 Å². The summed E-state index contributed by atoms with van der Waals surface area (Å²) in [6, 6.07) is -0.807. The number of rotatable bonds is 7. The number of esters is 1. The normalized spacial score (nSPS) is 40.6. The number of hydrogen-bond acceptors (Lipinski definition) is 9. The maximum atomic E-state index is 15.1. The number of ether oxygens (including phenoxy) is 3. The lowest BCUT2D eigenvalue weighted by Gasteiger charge is -2.55. The molecule has 1 aromatic rings. The van der Waals surface area contributed by atoms with Crippen molar-refractivity contribution in [3.63, 3.8) is 0 Å². The maximum Gasteiger partial charge on any atom is 0.346 e. The molecule has 2 saturated heterocycles. The highest BCUT2D eigenvalue weighted by Gasteiger charge is 2.67. The molecule has 3 fully saturated rings. The van der Waals surface area contributed by atoms with Crippen LogP contribution in [0.4, 0.5) is 0 Å². The average molecular weight is 876 g/mol. The molecule has 0 radical (unpaired) electrons. The fourth-order valence-corrected chi connectivity index (χ4v) is 11.7. The number of amides is 1. The Morgan fingerprint density at radius 3 is 2.46 bits per heavy atom. The van der Waals surface area contributed by atoms with E-state index in [1.54, 1.807) is 26.0 Å². The van der Waals surface area contributed by atoms with Gasteiger partial charge in [0.05, 0.1) is 39.8 Å². The molecule has 5 N–H and O–H groups in total. The van der Waals surface area contributed by atoms with Crippen LogP contribution in [0.1, 0.15) is 96.5 Å². The van der Waals surface area contributed by atoms with Crippen LogP contribution < -0.4 is 5.32 Å². The lowest BCUT2D eigenvalue weighted by molar-refractivity contribution is -0.258. The molecule has 3 heterocycles. The summed E-state index contributed by atoms with van der Waals surface area (Å²) in [6.45, 7) is 9.35. The van der Waals surface area contributed by atoms with Crippen LogP contribution in [-0.4, -0.2) is 80.2 Å². The molecule has 2 bridgehead atoms. The number of carbonyl (C=O) groups excluding carboxylic acids is 3. The molecular weight excluding hydrogens is 823 g/mol. The predicted molar refractivity (Wildman–Crippen MR) is 221 cm³/mol. The van der Waals surface area contributed by atoms with Gasteiger partial charge in [-0.15, -0.1) is 0 Å². The zero-order valence-electron chi connectivity index (χ0n) is 33.8. The summed E-state index contributed by atoms with van der Waals surface area (Å²) >= 11 is 18.3. The fourth-order valence-electron chi connectivity index (χ4n) is 11.1. The molecule has 15 heteroatoms. The van der Waals surface area contributed by atoms with Gasteiger partial charge in [0.2, 0.25) is 5.78 Å². The second kappa shape index (κ2) is 16.5. The number of carboxylic acids is 1. The summed E-state index contributed by atoms with van der Waals surface area (Å²) in [6.07, 6.45) is 13.7. The lowest BCUT2D eigenvalue weighted by atomic mass is 9.51. The molecule has 7 rings (SSSR count). The molecule has 320 valence electrons. The standard InChI is InChI=1S/C44H53Cl3N2O10/c1-6-23-19-44-37(52)30(41(56)59-44)36(51)43(7-2)24(12-10-8-9-11-17-42(44,5)20-26(23)40(54)55)14-15-25-27(43)16-13-21(3)35(25)58-29-18-28(50)33(22(4)57-29)49-39(53)34-31(45)32(46)38(47)48-34/h8,10-11,14-15,17,20-25,27-29,33,35,48,50-51H,6-7,9,12-13,16,18-19H2,1-5H3,(H,49,53)(H,54,55)/b10-8+,17-11+,36-30?. The Hall–Kier alpha value is -3.39. The average Bonchev–Trinajstić information content (AvgIpc) is 3.60. The van der Waals surface area contributed by atoms with Crippen molar-refractivity contribution < 1.29 is 48.7 Å². The zero-order valence-corrected chi connectivity index (χ0v) is 36.1. The Morgan fingerprint density at radius 1 is 1.07 bits per heavy atom. The van der Waals surface area contributed by atoms with Gasteiger partial charge in [0.15, 0.2) is 11.9 Å². The van der Waals surface area contributed by atoms with Crippen molar-refractivity contribution in [2.45, 2.75) is 122 Å². The molecule has 13 unspecified atom stereocenters. The highest BCUT2D eigenvalue weighted by molar-refractivity contribution is 6.49. The van der Waals surface area contributed by atoms with Gasteiger partial charge in [-0.2, -0.15) is 0 Å². The molecule has 12 nitrogen and oxygen atoms in total. The molecular formula is C44H53Cl3N2O10. The SMILES string of the molecule is CCC1CC23OC(=O)C(=C(O)C4(CC)C(C=CC5C(OC6CC(O)C(NC(=O)c7[nH]c(Cl)c(Cl)c7Cl)C(C)O6)C(C)CCC54)C/C=C/C/C=C/C2(C)C=C1C(=O)O)C3=O. The summed E-state index contributed by atoms with van der Waals surface area (Å²) < 4.78 is 19.3. The molecule has 4 aliphatic carbocycles. The quantitative estimate of drug-likeness (QED) is 0.102. The van der Waals surface area contributed by atoms with Gasteiger partial charge in [-0.1, -0.05) is 98.1 Å². The third-order valence-electron chi connectivity index (χ3n) is 14.3. The smallest absolute Gasteiger partial charge is 0.346 e. The van der Waals surface area contributed by atoms with E-state index in [2.05, 4.69) is 35.5 Å². The molecule has 2 aliphatic heterocycles. The van der Waals surface area contributed by atoms with E-state index in [1.165, 1.54) is 0 Å². The van der Waals surface area contributed by atoms with Gasteiger partial charge >= 0.3 is 11.9 Å². The van der Waals surface area contributed by atoms with Crippen LogP contribution in [0, 0.1) is 40.4 Å². The largest absolute Gasteiger partial charge is 0.511 e. The first-order valence-corrected chi connectivity index (χ1v) is 21.8. The topological polar surface area (TPSA) is 184 Å². The number of hydrogen-bond donors (Lipinski definition) is 5. The fraction of sp³-hybridized carbons (Fsp3) is 0.591. The highest BCUT2D eigenvalue weighted by atomic mass is 35.5. The van der Waals surface area contributed by atoms with Crippen molar-refractivity contribution in [3.8, 4) is 0 Å². The van der Waals surface area contributed by atoms with Crippen LogP contribution in [-0.2, 0) is 28.6 Å². The summed E-state index contributed by atoms with van der Waals surface area (Å²) in [7, 11) is 0. The molecule has 1 saturated carbocycles. The van der Waals surface area contributed by atoms with Crippen molar-refractivity contribution in [1.29, 1.82) is 0 Å². The third kappa shape index (κ3) is 7.13. The van der Waals surface area contributed by atoms with Crippen LogP contribution in [0.2, 0.25) is 15.2 Å². The summed E-state index contributed by atoms with van der Waals surface area (Å²) in [4.78, 5) is 57.5. The number of nitrogens with one attached hydrogen (secondary N) is 2. The highest BCUT2D eigenvalue weighted by Crippen LogP contribution is 2.61. The number of carbonyl (C=O) groups is 4. The van der Waals surface area contributed by atoms with Crippen LogP contribution in [0.3, 0.4) is 0 Å². The first-order valence-electron chi connectivity index (χ1n) is 20.7. The number of aliphatic carboxylic acids is 1. The monoisotopic (exact) mass is 874 g/mol. The molecule has 59 heavy (non-hydrogen) atoms. The second-order valence-electron chi connectivity index (χ2n) is 17.4. The van der Waals surface area contributed by atoms with Crippen LogP contribution >= 0.6 is 34.8 Å². The number of halogens is 3. The Balaban J connectivity index is 1.21. The van der Waals surface area contributed by atoms with Crippen molar-refractivity contribution in [2.24, 2.45) is 40.4 Å². The minimum atomic E-state index is -1.75. The molecule has 13 atom stereocenters. The minimum absolute atomic E-state index is 0.0166. The first kappa shape index (κ1) is 43.7.